The minimum Gasteiger partial charge on any atom is -0.475 e. The van der Waals surface area contributed by atoms with Crippen molar-refractivity contribution in [2.45, 2.75) is 88.8 Å². The van der Waals surface area contributed by atoms with Gasteiger partial charge in [-0.1, -0.05) is 24.3 Å². The number of nitrogens with two attached hydrogens (primary N) is 1. The summed E-state index contributed by atoms with van der Waals surface area (Å²) in [5.74, 6) is 0.830. The first-order valence-electron chi connectivity index (χ1n) is 25.4. The Morgan fingerprint density at radius 2 is 1.22 bits per heavy atom. The molecule has 2 aromatic carbocycles. The summed E-state index contributed by atoms with van der Waals surface area (Å²) in [4.78, 5) is 37.1. The van der Waals surface area contributed by atoms with Gasteiger partial charge >= 0.3 is 18.4 Å². The van der Waals surface area contributed by atoms with Crippen LogP contribution in [-0.2, 0) is 31.3 Å². The lowest BCUT2D eigenvalue weighted by atomic mass is 10.1. The van der Waals surface area contributed by atoms with Gasteiger partial charge in [-0.05, 0) is 101 Å². The molecule has 2 amide bonds. The van der Waals surface area contributed by atoms with E-state index in [1.165, 1.54) is 18.3 Å². The molecule has 17 nitrogen and oxygen atoms in total. The molecule has 4 atom stereocenters. The van der Waals surface area contributed by atoms with Crippen molar-refractivity contribution in [3.63, 3.8) is 0 Å². The lowest BCUT2D eigenvalue weighted by Crippen LogP contribution is -2.48. The molecule has 0 saturated carbocycles. The second kappa shape index (κ2) is 26.7. The summed E-state index contributed by atoms with van der Waals surface area (Å²) in [5.41, 5.74) is 8.82. The molecule has 4 fully saturated rings. The molecule has 444 valence electrons. The summed E-state index contributed by atoms with van der Waals surface area (Å²) in [6.07, 6.45) is -4.15. The van der Waals surface area contributed by atoms with Gasteiger partial charge in [0, 0.05) is 79.2 Å². The maximum Gasteiger partial charge on any atom is 0.416 e. The number of nitrogens with one attached hydrogen (secondary N) is 2. The molecular weight excluding hydrogens is 1150 g/mol. The molecule has 6 aliphatic rings. The van der Waals surface area contributed by atoms with Gasteiger partial charge in [0.2, 0.25) is 11.8 Å². The number of carbonyl (C=O) groups excluding carboxylic acids is 1. The molecule has 0 unspecified atom stereocenters. The molecule has 82 heavy (non-hydrogen) atoms. The standard InChI is InChI=1S/C28H28F3N5O4.C16H14F3N3.C11H16N2O3.4H2S/c1-27(2)39-16-21(40-27)15-38-24-13-19(8-10-32-24)33-26(37)36-20-9-11-35(14-20)23-7-6-22(34-25(23)36)17-4-3-5-18(12-17)28(29,30)31;17-16(18,19)11-3-1-2-10(8-11)13-4-5-14-15(21-13)20-12-6-7-22(14)9-12;1-11(2)15-7-9(16-11)6-14-10-5-8(12)3-4-13-10;;;;/h3-8,10,12-13,20-21H,9,11,14-16H2,1-2H3,(H,32,33,37);1-5,8,12H,6-7,9H2,(H,20,21);3-5,9H,6-7H2,1-2H3,(H2,12,13);4*1H2/t20-,21-;12-;9-;;;;/m000..../s1. The zero-order valence-corrected chi connectivity index (χ0v) is 49.1. The monoisotopic (exact) mass is 1220 g/mol. The Kier molecular flexibility index (Phi) is 21.2. The Bertz CT molecular complexity index is 3150. The minimum atomic E-state index is -4.47. The number of halogens is 6. The SMILES string of the molecule is CC1(C)OC[C@H](COc2cc(N)ccn2)O1.CC1(C)OC[C@H](COc2cc(NC(=O)N3c4nc(-c5cccc(C(F)(F)F)c5)ccc4N4CC[C@H]3C4)ccn2)O1.FC(F)(F)c1cccc(-c2ccc3c(n2)N[C@H]2CCN3C2)c1.S.S.S.S. The molecule has 6 aliphatic heterocycles. The second-order valence-corrected chi connectivity index (χ2v) is 20.4. The summed E-state index contributed by atoms with van der Waals surface area (Å²) >= 11 is 0. The number of nitrogens with zero attached hydrogens (tertiary/aromatic N) is 7. The summed E-state index contributed by atoms with van der Waals surface area (Å²) in [7, 11) is 0. The molecule has 10 heterocycles. The number of nitrogen functional groups attached to an aromatic ring is 1. The normalized spacial score (nSPS) is 20.2. The lowest BCUT2D eigenvalue weighted by molar-refractivity contribution is -0.142. The summed E-state index contributed by atoms with van der Waals surface area (Å²) in [6.45, 7) is 12.4. The highest BCUT2D eigenvalue weighted by Crippen LogP contribution is 2.42. The number of anilines is 6. The lowest BCUT2D eigenvalue weighted by Gasteiger charge is -2.36. The summed E-state index contributed by atoms with van der Waals surface area (Å²) in [6, 6.07) is 24.1. The van der Waals surface area contributed by atoms with Crippen LogP contribution < -0.4 is 40.5 Å². The maximum absolute atomic E-state index is 13.6. The summed E-state index contributed by atoms with van der Waals surface area (Å²) in [5, 5.41) is 6.28. The van der Waals surface area contributed by atoms with Crippen molar-refractivity contribution in [2.24, 2.45) is 0 Å². The highest BCUT2D eigenvalue weighted by molar-refractivity contribution is 7.59. The first-order chi connectivity index (χ1) is 37.1. The van der Waals surface area contributed by atoms with Crippen LogP contribution in [0.3, 0.4) is 0 Å². The average molecular weight is 1220 g/mol. The van der Waals surface area contributed by atoms with Crippen LogP contribution in [-0.4, -0.2) is 114 Å². The number of ether oxygens (including phenoxy) is 6. The summed E-state index contributed by atoms with van der Waals surface area (Å²) < 4.78 is 112. The molecule has 27 heteroatoms. The Hall–Kier alpha value is -6.07. The van der Waals surface area contributed by atoms with E-state index in [1.807, 2.05) is 39.8 Å². The molecule has 4 aromatic heterocycles. The van der Waals surface area contributed by atoms with Gasteiger partial charge in [-0.2, -0.15) is 80.3 Å². The second-order valence-electron chi connectivity index (χ2n) is 20.4. The van der Waals surface area contributed by atoms with Gasteiger partial charge in [0.1, 0.15) is 25.4 Å². The van der Waals surface area contributed by atoms with E-state index in [9.17, 15) is 31.1 Å². The van der Waals surface area contributed by atoms with E-state index in [0.717, 1.165) is 73.9 Å². The van der Waals surface area contributed by atoms with Crippen LogP contribution in [0, 0.1) is 0 Å². The largest absolute Gasteiger partial charge is 0.475 e. The van der Waals surface area contributed by atoms with Gasteiger partial charge in [0.05, 0.1) is 53.1 Å². The zero-order valence-electron chi connectivity index (χ0n) is 45.1. The van der Waals surface area contributed by atoms with E-state index in [0.29, 0.717) is 83.9 Å². The van der Waals surface area contributed by atoms with Gasteiger partial charge in [0.15, 0.2) is 23.2 Å². The van der Waals surface area contributed by atoms with E-state index in [1.54, 1.807) is 59.6 Å². The predicted octanol–water partition coefficient (Wildman–Crippen LogP) is 10.7. The number of rotatable bonds is 9. The van der Waals surface area contributed by atoms with Crippen LogP contribution in [0.5, 0.6) is 11.8 Å². The number of hydrogen-bond acceptors (Lipinski definition) is 15. The van der Waals surface area contributed by atoms with Crippen molar-refractivity contribution >= 4 is 94.4 Å². The molecule has 4 saturated heterocycles. The topological polar surface area (TPSA) is 184 Å². The van der Waals surface area contributed by atoms with Crippen LogP contribution in [0.2, 0.25) is 0 Å². The molecular formula is C55H66F6N10O7S4. The van der Waals surface area contributed by atoms with Gasteiger partial charge in [-0.3, -0.25) is 4.90 Å². The first kappa shape index (κ1) is 65.1. The number of amides is 2. The van der Waals surface area contributed by atoms with Crippen molar-refractivity contribution < 1.29 is 59.6 Å². The Balaban J connectivity index is 0.000000217. The molecule has 6 aromatic rings. The number of benzene rings is 2. The predicted molar refractivity (Wildman–Crippen MR) is 321 cm³/mol. The van der Waals surface area contributed by atoms with Crippen LogP contribution in [0.25, 0.3) is 22.5 Å². The number of urea groups is 1. The van der Waals surface area contributed by atoms with Crippen LogP contribution >= 0.6 is 54.0 Å². The highest BCUT2D eigenvalue weighted by atomic mass is 32.1. The fraction of sp³-hybridized carbons (Fsp3) is 0.400. The average Bonchev–Trinajstić information content (AvgIpc) is 4.34. The van der Waals surface area contributed by atoms with Crippen LogP contribution in [0.15, 0.2) is 109 Å². The number of alkyl halides is 6. The van der Waals surface area contributed by atoms with Crippen molar-refractivity contribution in [2.75, 3.05) is 83.7 Å². The Labute approximate surface area is 498 Å². The number of fused-ring (bicyclic) bond motifs is 8. The van der Waals surface area contributed by atoms with Crippen molar-refractivity contribution in [3.8, 4) is 34.3 Å². The molecule has 4 bridgehead atoms. The van der Waals surface area contributed by atoms with Crippen LogP contribution in [0.1, 0.15) is 51.7 Å². The highest BCUT2D eigenvalue weighted by Gasteiger charge is 2.41. The van der Waals surface area contributed by atoms with Gasteiger partial charge in [-0.25, -0.2) is 24.7 Å². The van der Waals surface area contributed by atoms with E-state index in [2.05, 4.69) is 40.4 Å². The minimum absolute atomic E-state index is 0. The fourth-order valence-electron chi connectivity index (χ4n) is 9.91. The number of pyridine rings is 4. The molecule has 0 radical (unpaired) electrons. The van der Waals surface area contributed by atoms with Crippen LogP contribution in [0.4, 0.5) is 65.5 Å². The number of aromatic nitrogens is 4. The van der Waals surface area contributed by atoms with Crippen molar-refractivity contribution in [3.05, 3.63) is 121 Å². The smallest absolute Gasteiger partial charge is 0.416 e. The van der Waals surface area contributed by atoms with E-state index < -0.39 is 41.1 Å². The molecule has 0 spiro atoms. The molecule has 12 rings (SSSR count). The Morgan fingerprint density at radius 1 is 0.683 bits per heavy atom. The molecule has 0 aliphatic carbocycles. The van der Waals surface area contributed by atoms with Gasteiger partial charge in [-0.15, -0.1) is 0 Å². The van der Waals surface area contributed by atoms with E-state index >= 15 is 0 Å². The quantitative estimate of drug-likeness (QED) is 0.116. The third-order valence-corrected chi connectivity index (χ3v) is 13.6. The first-order valence-corrected chi connectivity index (χ1v) is 25.4. The van der Waals surface area contributed by atoms with Gasteiger partial charge < -0.3 is 54.6 Å². The zero-order chi connectivity index (χ0) is 55.0. The third-order valence-electron chi connectivity index (χ3n) is 13.6. The number of hydrogen-bond donors (Lipinski definition) is 3. The third kappa shape index (κ3) is 15.8. The van der Waals surface area contributed by atoms with E-state index in [4.69, 9.17) is 34.2 Å². The fourth-order valence-corrected chi connectivity index (χ4v) is 9.91. The molecule has 4 N–H and O–H groups in total. The van der Waals surface area contributed by atoms with E-state index in [-0.39, 0.29) is 78.8 Å². The van der Waals surface area contributed by atoms with Crippen molar-refractivity contribution in [1.29, 1.82) is 0 Å². The maximum atomic E-state index is 13.6. The van der Waals surface area contributed by atoms with Crippen molar-refractivity contribution in [1.82, 2.24) is 19.9 Å². The Morgan fingerprint density at radius 3 is 1.78 bits per heavy atom. The van der Waals surface area contributed by atoms with Gasteiger partial charge in [0.25, 0.3) is 0 Å². The number of carbonyl (C=O) groups is 1.